The summed E-state index contributed by atoms with van der Waals surface area (Å²) in [5.74, 6) is -2.09. The molecule has 1 aromatic heterocycles. The number of carbonyl (C=O) groups is 1. The summed E-state index contributed by atoms with van der Waals surface area (Å²) in [6, 6.07) is 0. The van der Waals surface area contributed by atoms with Gasteiger partial charge in [-0.3, -0.25) is 4.79 Å². The van der Waals surface area contributed by atoms with Crippen molar-refractivity contribution in [1.29, 1.82) is 0 Å². The maximum absolute atomic E-state index is 12.9. The van der Waals surface area contributed by atoms with Crippen molar-refractivity contribution in [2.45, 2.75) is 13.3 Å². The van der Waals surface area contributed by atoms with Crippen LogP contribution in [0.4, 0.5) is 13.2 Å². The fourth-order valence-electron chi connectivity index (χ4n) is 1.11. The van der Waals surface area contributed by atoms with E-state index in [1.165, 1.54) is 6.92 Å². The molecule has 0 saturated heterocycles. The number of aromatic nitrogens is 1. The summed E-state index contributed by atoms with van der Waals surface area (Å²) in [7, 11) is 0. The predicted molar refractivity (Wildman–Crippen MR) is 42.4 cm³/mol. The molecule has 2 N–H and O–H groups in total. The molecular formula is C8H7F3N2O. The summed E-state index contributed by atoms with van der Waals surface area (Å²) in [6.45, 7) is 1.18. The van der Waals surface area contributed by atoms with Gasteiger partial charge < -0.3 is 5.73 Å². The van der Waals surface area contributed by atoms with Gasteiger partial charge in [-0.2, -0.15) is 0 Å². The maximum Gasteiger partial charge on any atom is 0.267 e. The lowest BCUT2D eigenvalue weighted by atomic mass is 10.1. The van der Waals surface area contributed by atoms with Crippen LogP contribution >= 0.6 is 0 Å². The van der Waals surface area contributed by atoms with E-state index in [4.69, 9.17) is 5.73 Å². The molecule has 6 heteroatoms. The summed E-state index contributed by atoms with van der Waals surface area (Å²) in [5, 5.41) is 0. The van der Waals surface area contributed by atoms with Gasteiger partial charge in [0.1, 0.15) is 5.69 Å². The van der Waals surface area contributed by atoms with Crippen LogP contribution in [0, 0.1) is 12.7 Å². The van der Waals surface area contributed by atoms with Gasteiger partial charge in [0.15, 0.2) is 5.82 Å². The van der Waals surface area contributed by atoms with Crippen LogP contribution in [0.25, 0.3) is 0 Å². The number of nitrogens with two attached hydrogens (primary N) is 1. The fourth-order valence-corrected chi connectivity index (χ4v) is 1.11. The molecule has 0 radical (unpaired) electrons. The molecule has 14 heavy (non-hydrogen) atoms. The Morgan fingerprint density at radius 1 is 1.57 bits per heavy atom. The zero-order chi connectivity index (χ0) is 10.9. The van der Waals surface area contributed by atoms with Gasteiger partial charge in [0.2, 0.25) is 0 Å². The van der Waals surface area contributed by atoms with Crippen LogP contribution in [0.5, 0.6) is 0 Å². The van der Waals surface area contributed by atoms with Crippen LogP contribution in [0.1, 0.15) is 28.0 Å². The zero-order valence-electron chi connectivity index (χ0n) is 7.22. The Balaban J connectivity index is 3.41. The normalized spacial score (nSPS) is 10.6. The molecule has 0 saturated carbocycles. The third-order valence-corrected chi connectivity index (χ3v) is 1.78. The molecule has 0 spiro atoms. The van der Waals surface area contributed by atoms with Crippen LogP contribution < -0.4 is 5.73 Å². The monoisotopic (exact) mass is 204 g/mol. The predicted octanol–water partition coefficient (Wildman–Crippen LogP) is 1.57. The summed E-state index contributed by atoms with van der Waals surface area (Å²) in [4.78, 5) is 14.0. The SMILES string of the molecule is Cc1c(C(N)=O)ncc(F)c1C(F)F. The van der Waals surface area contributed by atoms with Crippen molar-refractivity contribution in [3.05, 3.63) is 28.8 Å². The molecule has 0 fully saturated rings. The van der Waals surface area contributed by atoms with E-state index < -0.39 is 23.7 Å². The molecule has 0 unspecified atom stereocenters. The highest BCUT2D eigenvalue weighted by Crippen LogP contribution is 2.26. The molecular weight excluding hydrogens is 197 g/mol. The molecule has 0 aliphatic heterocycles. The molecule has 0 aliphatic carbocycles. The highest BCUT2D eigenvalue weighted by molar-refractivity contribution is 5.92. The number of primary amides is 1. The van der Waals surface area contributed by atoms with Gasteiger partial charge in [-0.25, -0.2) is 18.2 Å². The van der Waals surface area contributed by atoms with E-state index >= 15 is 0 Å². The first-order valence-corrected chi connectivity index (χ1v) is 3.68. The minimum atomic E-state index is -2.99. The van der Waals surface area contributed by atoms with Crippen molar-refractivity contribution in [3.63, 3.8) is 0 Å². The molecule has 0 bridgehead atoms. The summed E-state index contributed by atoms with van der Waals surface area (Å²) < 4.78 is 37.5. The second-order valence-electron chi connectivity index (χ2n) is 2.66. The van der Waals surface area contributed by atoms with E-state index in [9.17, 15) is 18.0 Å². The Labute approximate surface area is 77.7 Å². The minimum absolute atomic E-state index is 0.215. The smallest absolute Gasteiger partial charge is 0.267 e. The van der Waals surface area contributed by atoms with Crippen LogP contribution in [0.2, 0.25) is 0 Å². The number of amides is 1. The Morgan fingerprint density at radius 2 is 2.14 bits per heavy atom. The van der Waals surface area contributed by atoms with Gasteiger partial charge in [-0.05, 0) is 12.5 Å². The Morgan fingerprint density at radius 3 is 2.57 bits per heavy atom. The third-order valence-electron chi connectivity index (χ3n) is 1.78. The molecule has 3 nitrogen and oxygen atoms in total. The van der Waals surface area contributed by atoms with E-state index in [1.54, 1.807) is 0 Å². The van der Waals surface area contributed by atoms with Crippen LogP contribution in [-0.4, -0.2) is 10.9 Å². The number of nitrogens with zero attached hydrogens (tertiary/aromatic N) is 1. The standard InChI is InChI=1S/C8H7F3N2O/c1-3-5(7(10)11)4(9)2-13-6(3)8(12)14/h2,7H,1H3,(H2,12,14). The second kappa shape index (κ2) is 3.65. The van der Waals surface area contributed by atoms with Crippen molar-refractivity contribution in [2.24, 2.45) is 5.73 Å². The van der Waals surface area contributed by atoms with E-state index in [0.29, 0.717) is 6.20 Å². The summed E-state index contributed by atoms with van der Waals surface area (Å²) >= 11 is 0. The van der Waals surface area contributed by atoms with Crippen molar-refractivity contribution >= 4 is 5.91 Å². The van der Waals surface area contributed by atoms with E-state index in [1.807, 2.05) is 0 Å². The van der Waals surface area contributed by atoms with Gasteiger partial charge in [-0.15, -0.1) is 0 Å². The van der Waals surface area contributed by atoms with Crippen molar-refractivity contribution < 1.29 is 18.0 Å². The van der Waals surface area contributed by atoms with Crippen LogP contribution in [0.3, 0.4) is 0 Å². The Bertz CT molecular complexity index is 379. The highest BCUT2D eigenvalue weighted by atomic mass is 19.3. The molecule has 1 rings (SSSR count). The molecule has 1 heterocycles. The molecule has 0 atom stereocenters. The summed E-state index contributed by atoms with van der Waals surface area (Å²) in [5.41, 5.74) is 3.49. The zero-order valence-corrected chi connectivity index (χ0v) is 7.22. The average Bonchev–Trinajstić information content (AvgIpc) is 2.02. The summed E-state index contributed by atoms with van der Waals surface area (Å²) in [6.07, 6.45) is -2.43. The van der Waals surface area contributed by atoms with E-state index in [-0.39, 0.29) is 11.3 Å². The average molecular weight is 204 g/mol. The lowest BCUT2D eigenvalue weighted by Gasteiger charge is -2.08. The number of rotatable bonds is 2. The van der Waals surface area contributed by atoms with Crippen molar-refractivity contribution in [1.82, 2.24) is 4.98 Å². The van der Waals surface area contributed by atoms with Gasteiger partial charge in [0, 0.05) is 0 Å². The van der Waals surface area contributed by atoms with Gasteiger partial charge in [0.25, 0.3) is 12.3 Å². The van der Waals surface area contributed by atoms with Crippen molar-refractivity contribution in [2.75, 3.05) is 0 Å². The van der Waals surface area contributed by atoms with Gasteiger partial charge in [-0.1, -0.05) is 0 Å². The maximum atomic E-state index is 12.9. The largest absolute Gasteiger partial charge is 0.364 e. The first kappa shape index (κ1) is 10.5. The fraction of sp³-hybridized carbons (Fsp3) is 0.250. The number of alkyl halides is 2. The number of carbonyl (C=O) groups excluding carboxylic acids is 1. The second-order valence-corrected chi connectivity index (χ2v) is 2.66. The number of hydrogen-bond donors (Lipinski definition) is 1. The Kier molecular flexibility index (Phi) is 2.73. The number of pyridine rings is 1. The van der Waals surface area contributed by atoms with E-state index in [0.717, 1.165) is 0 Å². The molecule has 76 valence electrons. The lowest BCUT2D eigenvalue weighted by Crippen LogP contribution is -2.16. The molecule has 0 aromatic carbocycles. The van der Waals surface area contributed by atoms with Gasteiger partial charge >= 0.3 is 0 Å². The first-order valence-electron chi connectivity index (χ1n) is 3.68. The molecule has 1 aromatic rings. The van der Waals surface area contributed by atoms with Gasteiger partial charge in [0.05, 0.1) is 11.8 Å². The molecule has 1 amide bonds. The number of halogens is 3. The van der Waals surface area contributed by atoms with Crippen molar-refractivity contribution in [3.8, 4) is 0 Å². The Hall–Kier alpha value is -1.59. The topological polar surface area (TPSA) is 56.0 Å². The van der Waals surface area contributed by atoms with Crippen LogP contribution in [-0.2, 0) is 0 Å². The van der Waals surface area contributed by atoms with E-state index in [2.05, 4.69) is 4.98 Å². The quantitative estimate of drug-likeness (QED) is 0.794. The first-order chi connectivity index (χ1) is 6.45. The number of hydrogen-bond acceptors (Lipinski definition) is 2. The molecule has 0 aliphatic rings. The third kappa shape index (κ3) is 1.68. The lowest BCUT2D eigenvalue weighted by molar-refractivity contribution is 0.0993. The highest BCUT2D eigenvalue weighted by Gasteiger charge is 2.21. The van der Waals surface area contributed by atoms with Crippen LogP contribution in [0.15, 0.2) is 6.20 Å². The minimum Gasteiger partial charge on any atom is -0.364 e.